The van der Waals surface area contributed by atoms with Crippen molar-refractivity contribution in [3.63, 3.8) is 0 Å². The first-order valence-corrected chi connectivity index (χ1v) is 9.16. The predicted octanol–water partition coefficient (Wildman–Crippen LogP) is 1.43. The lowest BCUT2D eigenvalue weighted by atomic mass is 10.2. The number of nitrogens with two attached hydrogens (primary N) is 1. The Morgan fingerprint density at radius 3 is 2.64 bits per heavy atom. The van der Waals surface area contributed by atoms with Crippen LogP contribution in [0.1, 0.15) is 0 Å². The third-order valence-electron chi connectivity index (χ3n) is 2.72. The molecule has 1 aromatic carbocycles. The summed E-state index contributed by atoms with van der Waals surface area (Å²) < 4.78 is 25.1. The van der Waals surface area contributed by atoms with Gasteiger partial charge >= 0.3 is 0 Å². The highest BCUT2D eigenvalue weighted by Crippen LogP contribution is 2.26. The van der Waals surface area contributed by atoms with Gasteiger partial charge in [0.25, 0.3) is 10.9 Å². The molecule has 3 rings (SSSR count). The Bertz CT molecular complexity index is 1000. The standard InChI is InChI=1S/C11H8ClIN6O2S/c1-22(20,21)11-16-9(14)19-10(17-11)15-8(18-19)6-3-2-5(12)4-7(6)13/h2-4H,1H3,(H2,14,15,16,17,18). The van der Waals surface area contributed by atoms with Gasteiger partial charge in [0.05, 0.1) is 0 Å². The highest BCUT2D eigenvalue weighted by molar-refractivity contribution is 14.1. The minimum atomic E-state index is -3.59. The minimum Gasteiger partial charge on any atom is -0.368 e. The number of sulfone groups is 1. The number of anilines is 1. The van der Waals surface area contributed by atoms with E-state index in [-0.39, 0.29) is 16.9 Å². The molecule has 0 saturated heterocycles. The topological polar surface area (TPSA) is 116 Å². The van der Waals surface area contributed by atoms with Crippen LogP contribution in [0.2, 0.25) is 5.02 Å². The van der Waals surface area contributed by atoms with Gasteiger partial charge in [0.15, 0.2) is 5.82 Å². The third kappa shape index (κ3) is 2.73. The van der Waals surface area contributed by atoms with Crippen LogP contribution in [0.5, 0.6) is 0 Å². The van der Waals surface area contributed by atoms with Crippen molar-refractivity contribution in [3.8, 4) is 11.4 Å². The zero-order valence-corrected chi connectivity index (χ0v) is 14.8. The van der Waals surface area contributed by atoms with E-state index in [9.17, 15) is 8.42 Å². The van der Waals surface area contributed by atoms with E-state index >= 15 is 0 Å². The van der Waals surface area contributed by atoms with Crippen LogP contribution >= 0.6 is 34.2 Å². The molecule has 0 unspecified atom stereocenters. The first-order chi connectivity index (χ1) is 10.3. The number of rotatable bonds is 2. The zero-order chi connectivity index (χ0) is 16.1. The van der Waals surface area contributed by atoms with Crippen LogP contribution in [-0.2, 0) is 9.84 Å². The van der Waals surface area contributed by atoms with Crippen molar-refractivity contribution in [1.29, 1.82) is 0 Å². The highest BCUT2D eigenvalue weighted by atomic mass is 127. The molecule has 0 bridgehead atoms. The van der Waals surface area contributed by atoms with Gasteiger partial charge in [-0.1, -0.05) is 11.6 Å². The summed E-state index contributed by atoms with van der Waals surface area (Å²) in [5, 5.41) is 4.42. The van der Waals surface area contributed by atoms with Crippen LogP contribution in [0.15, 0.2) is 23.4 Å². The number of aromatic nitrogens is 5. The average Bonchev–Trinajstić information content (AvgIpc) is 2.81. The molecular formula is C11H8ClIN6O2S. The minimum absolute atomic E-state index is 0.0636. The van der Waals surface area contributed by atoms with Gasteiger partial charge in [-0.15, -0.1) is 5.10 Å². The molecule has 3 aromatic rings. The number of nitrogen functional groups attached to an aromatic ring is 1. The Kier molecular flexibility index (Phi) is 3.69. The lowest BCUT2D eigenvalue weighted by molar-refractivity contribution is 0.592. The molecule has 0 saturated carbocycles. The number of nitrogens with zero attached hydrogens (tertiary/aromatic N) is 5. The van der Waals surface area contributed by atoms with Crippen molar-refractivity contribution < 1.29 is 8.42 Å². The molecular weight excluding hydrogens is 443 g/mol. The molecule has 11 heteroatoms. The van der Waals surface area contributed by atoms with Gasteiger partial charge in [-0.2, -0.15) is 19.5 Å². The maximum absolute atomic E-state index is 11.5. The number of fused-ring (bicyclic) bond motifs is 1. The quantitative estimate of drug-likeness (QED) is 0.587. The van der Waals surface area contributed by atoms with Gasteiger partial charge < -0.3 is 5.73 Å². The van der Waals surface area contributed by atoms with Gasteiger partial charge in [-0.25, -0.2) is 8.42 Å². The van der Waals surface area contributed by atoms with E-state index < -0.39 is 9.84 Å². The molecule has 2 heterocycles. The van der Waals surface area contributed by atoms with Gasteiger partial charge in [-0.05, 0) is 40.8 Å². The summed E-state index contributed by atoms with van der Waals surface area (Å²) in [7, 11) is -3.59. The van der Waals surface area contributed by atoms with E-state index in [1.54, 1.807) is 18.2 Å². The summed E-state index contributed by atoms with van der Waals surface area (Å²) in [5.41, 5.74) is 6.46. The van der Waals surface area contributed by atoms with E-state index in [2.05, 4.69) is 42.6 Å². The maximum Gasteiger partial charge on any atom is 0.258 e. The molecule has 114 valence electrons. The smallest absolute Gasteiger partial charge is 0.258 e. The Labute approximate surface area is 143 Å². The molecule has 2 N–H and O–H groups in total. The van der Waals surface area contributed by atoms with E-state index in [1.165, 1.54) is 4.52 Å². The highest BCUT2D eigenvalue weighted by Gasteiger charge is 2.18. The molecule has 0 spiro atoms. The Hall–Kier alpha value is -1.53. The van der Waals surface area contributed by atoms with Crippen LogP contribution in [0.4, 0.5) is 5.95 Å². The second-order valence-corrected chi connectivity index (χ2v) is 7.92. The van der Waals surface area contributed by atoms with Crippen molar-refractivity contribution >= 4 is 55.8 Å². The van der Waals surface area contributed by atoms with Crippen LogP contribution in [0.25, 0.3) is 17.2 Å². The second-order valence-electron chi connectivity index (χ2n) is 4.41. The van der Waals surface area contributed by atoms with Crippen molar-refractivity contribution in [2.24, 2.45) is 0 Å². The molecule has 0 radical (unpaired) electrons. The summed E-state index contributed by atoms with van der Waals surface area (Å²) in [4.78, 5) is 11.8. The third-order valence-corrected chi connectivity index (χ3v) is 4.69. The van der Waals surface area contributed by atoms with E-state index in [1.807, 2.05) is 0 Å². The monoisotopic (exact) mass is 450 g/mol. The molecule has 0 aliphatic carbocycles. The number of hydrogen-bond donors (Lipinski definition) is 1. The van der Waals surface area contributed by atoms with E-state index in [4.69, 9.17) is 17.3 Å². The van der Waals surface area contributed by atoms with Crippen LogP contribution < -0.4 is 5.73 Å². The summed E-state index contributed by atoms with van der Waals surface area (Å²) in [6.45, 7) is 0. The van der Waals surface area contributed by atoms with Crippen molar-refractivity contribution in [2.75, 3.05) is 12.0 Å². The zero-order valence-electron chi connectivity index (χ0n) is 11.0. The molecule has 8 nitrogen and oxygen atoms in total. The molecule has 0 atom stereocenters. The summed E-state index contributed by atoms with van der Waals surface area (Å²) in [6, 6.07) is 5.24. The van der Waals surface area contributed by atoms with Gasteiger partial charge in [0.2, 0.25) is 15.8 Å². The largest absolute Gasteiger partial charge is 0.368 e. The summed E-state index contributed by atoms with van der Waals surface area (Å²) >= 11 is 8.03. The molecule has 0 amide bonds. The van der Waals surface area contributed by atoms with E-state index in [0.717, 1.165) is 15.4 Å². The van der Waals surface area contributed by atoms with Crippen LogP contribution in [0, 0.1) is 3.57 Å². The fourth-order valence-electron chi connectivity index (χ4n) is 1.74. The molecule has 0 aliphatic rings. The molecule has 22 heavy (non-hydrogen) atoms. The lowest BCUT2D eigenvalue weighted by Gasteiger charge is -1.99. The summed E-state index contributed by atoms with van der Waals surface area (Å²) in [6.07, 6.45) is 0.998. The Balaban J connectivity index is 2.24. The molecule has 0 aliphatic heterocycles. The fraction of sp³-hybridized carbons (Fsp3) is 0.0909. The number of benzene rings is 1. The van der Waals surface area contributed by atoms with Crippen LogP contribution in [-0.4, -0.2) is 39.2 Å². The first kappa shape index (κ1) is 15.4. The normalized spacial score (nSPS) is 12.0. The van der Waals surface area contributed by atoms with Crippen molar-refractivity contribution in [1.82, 2.24) is 24.6 Å². The van der Waals surface area contributed by atoms with Crippen LogP contribution in [0.3, 0.4) is 0 Å². The lowest BCUT2D eigenvalue weighted by Crippen LogP contribution is -2.11. The van der Waals surface area contributed by atoms with Crippen molar-refractivity contribution in [3.05, 3.63) is 26.8 Å². The number of hydrogen-bond acceptors (Lipinski definition) is 7. The predicted molar refractivity (Wildman–Crippen MR) is 89.3 cm³/mol. The fourth-order valence-corrected chi connectivity index (χ4v) is 3.36. The number of halogens is 2. The average molecular weight is 451 g/mol. The van der Waals surface area contributed by atoms with Crippen molar-refractivity contribution in [2.45, 2.75) is 5.16 Å². The Morgan fingerprint density at radius 1 is 1.27 bits per heavy atom. The Morgan fingerprint density at radius 2 is 2.00 bits per heavy atom. The van der Waals surface area contributed by atoms with E-state index in [0.29, 0.717) is 10.8 Å². The molecule has 0 fully saturated rings. The summed E-state index contributed by atoms with van der Waals surface area (Å²) in [5.74, 6) is 0.314. The molecule has 2 aromatic heterocycles. The SMILES string of the molecule is CS(=O)(=O)c1nc(N)n2nc(-c3ccc(Cl)cc3I)nc2n1. The maximum atomic E-state index is 11.5. The van der Waals surface area contributed by atoms with Gasteiger partial charge in [0, 0.05) is 20.4 Å². The first-order valence-electron chi connectivity index (χ1n) is 5.81. The second kappa shape index (κ2) is 5.28. The van der Waals surface area contributed by atoms with Gasteiger partial charge in [-0.3, -0.25) is 0 Å². The van der Waals surface area contributed by atoms with Gasteiger partial charge in [0.1, 0.15) is 0 Å².